The number of aromatic nitrogens is 5. The molecule has 0 aromatic carbocycles. The van der Waals surface area contributed by atoms with Gasteiger partial charge in [-0.05, 0) is 18.4 Å². The summed E-state index contributed by atoms with van der Waals surface area (Å²) < 4.78 is 27.2. The van der Waals surface area contributed by atoms with Gasteiger partial charge in [0.15, 0.2) is 5.65 Å². The highest BCUT2D eigenvalue weighted by atomic mass is 19.3. The van der Waals surface area contributed by atoms with Crippen LogP contribution in [0.4, 0.5) is 8.78 Å². The van der Waals surface area contributed by atoms with Crippen LogP contribution in [-0.2, 0) is 0 Å². The quantitative estimate of drug-likeness (QED) is 0.757. The molecule has 7 nitrogen and oxygen atoms in total. The van der Waals surface area contributed by atoms with Gasteiger partial charge in [0.05, 0.1) is 11.3 Å². The predicted molar refractivity (Wildman–Crippen MR) is 76.5 cm³/mol. The Morgan fingerprint density at radius 3 is 2.87 bits per heavy atom. The monoisotopic (exact) mass is 319 g/mol. The molecule has 3 aromatic rings. The molecule has 1 aliphatic rings. The topological polar surface area (TPSA) is 95.9 Å². The van der Waals surface area contributed by atoms with Crippen molar-refractivity contribution >= 4 is 5.65 Å². The van der Waals surface area contributed by atoms with E-state index in [2.05, 4.69) is 20.1 Å². The van der Waals surface area contributed by atoms with E-state index in [9.17, 15) is 18.4 Å². The Morgan fingerprint density at radius 1 is 1.35 bits per heavy atom. The first-order valence-electron chi connectivity index (χ1n) is 6.99. The highest BCUT2D eigenvalue weighted by Gasteiger charge is 2.46. The van der Waals surface area contributed by atoms with Crippen LogP contribution in [0.25, 0.3) is 16.9 Å². The molecule has 1 saturated carbocycles. The molecule has 0 aliphatic heterocycles. The van der Waals surface area contributed by atoms with Crippen molar-refractivity contribution in [2.45, 2.75) is 18.8 Å². The second-order valence-corrected chi connectivity index (χ2v) is 5.51. The zero-order valence-electron chi connectivity index (χ0n) is 11.7. The number of aromatic amines is 2. The van der Waals surface area contributed by atoms with E-state index in [0.29, 0.717) is 23.3 Å². The van der Waals surface area contributed by atoms with E-state index in [1.54, 1.807) is 12.3 Å². The van der Waals surface area contributed by atoms with Gasteiger partial charge >= 0.3 is 5.69 Å². The van der Waals surface area contributed by atoms with Crippen LogP contribution < -0.4 is 11.2 Å². The maximum atomic E-state index is 12.9. The first kappa shape index (κ1) is 13.8. The number of imidazole rings is 1. The summed E-state index contributed by atoms with van der Waals surface area (Å²) in [5, 5.41) is 4.26. The Bertz CT molecular complexity index is 1010. The number of halogens is 2. The average molecular weight is 319 g/mol. The summed E-state index contributed by atoms with van der Waals surface area (Å²) in [4.78, 5) is 31.7. The van der Waals surface area contributed by atoms with Gasteiger partial charge in [-0.25, -0.2) is 23.1 Å². The van der Waals surface area contributed by atoms with Crippen molar-refractivity contribution in [3.8, 4) is 11.3 Å². The van der Waals surface area contributed by atoms with Crippen molar-refractivity contribution < 1.29 is 8.78 Å². The number of hydrogen-bond donors (Lipinski definition) is 2. The summed E-state index contributed by atoms with van der Waals surface area (Å²) in [5.74, 6) is -0.997. The van der Waals surface area contributed by atoms with Crippen molar-refractivity contribution in [2.75, 3.05) is 0 Å². The summed E-state index contributed by atoms with van der Waals surface area (Å²) >= 11 is 0. The van der Waals surface area contributed by atoms with Gasteiger partial charge in [-0.1, -0.05) is 0 Å². The Kier molecular flexibility index (Phi) is 2.90. The van der Waals surface area contributed by atoms with Gasteiger partial charge in [0.2, 0.25) is 6.43 Å². The van der Waals surface area contributed by atoms with E-state index in [4.69, 9.17) is 0 Å². The molecule has 3 aromatic heterocycles. The van der Waals surface area contributed by atoms with Crippen LogP contribution >= 0.6 is 0 Å². The van der Waals surface area contributed by atoms with Crippen molar-refractivity contribution in [3.63, 3.8) is 0 Å². The van der Waals surface area contributed by atoms with Gasteiger partial charge in [-0.15, -0.1) is 0 Å². The SMILES string of the molecule is O=c1[nH]cc(-c2cc([C@H]3C[C@@H]3C(F)F)c3nccn3n2)c(=O)[nH]1. The number of hydrogen-bond acceptors (Lipinski definition) is 4. The second kappa shape index (κ2) is 4.83. The van der Waals surface area contributed by atoms with Crippen LogP contribution in [0.1, 0.15) is 17.9 Å². The lowest BCUT2D eigenvalue weighted by Gasteiger charge is -2.07. The van der Waals surface area contributed by atoms with Crippen LogP contribution in [0.5, 0.6) is 0 Å². The molecule has 2 atom stereocenters. The van der Waals surface area contributed by atoms with Gasteiger partial charge in [0.25, 0.3) is 5.56 Å². The van der Waals surface area contributed by atoms with Crippen LogP contribution in [0.3, 0.4) is 0 Å². The molecular formula is C14H11F2N5O2. The fourth-order valence-corrected chi connectivity index (χ4v) is 2.80. The fourth-order valence-electron chi connectivity index (χ4n) is 2.80. The van der Waals surface area contributed by atoms with Crippen LogP contribution in [0, 0.1) is 5.92 Å². The van der Waals surface area contributed by atoms with Crippen LogP contribution in [0.2, 0.25) is 0 Å². The van der Waals surface area contributed by atoms with Crippen molar-refractivity contribution in [1.29, 1.82) is 0 Å². The first-order valence-corrected chi connectivity index (χ1v) is 6.99. The largest absolute Gasteiger partial charge is 0.325 e. The molecule has 0 spiro atoms. The molecule has 0 radical (unpaired) electrons. The normalized spacial score (nSPS) is 20.3. The van der Waals surface area contributed by atoms with Crippen molar-refractivity contribution in [1.82, 2.24) is 24.6 Å². The number of H-pyrrole nitrogens is 2. The number of alkyl halides is 2. The maximum Gasteiger partial charge on any atom is 0.325 e. The predicted octanol–water partition coefficient (Wildman–Crippen LogP) is 1.14. The molecule has 1 aliphatic carbocycles. The van der Waals surface area contributed by atoms with Crippen molar-refractivity contribution in [3.05, 3.63) is 51.1 Å². The molecule has 3 heterocycles. The highest BCUT2D eigenvalue weighted by Crippen LogP contribution is 2.52. The molecule has 0 amide bonds. The van der Waals surface area contributed by atoms with Gasteiger partial charge in [-0.3, -0.25) is 9.78 Å². The van der Waals surface area contributed by atoms with E-state index < -0.39 is 23.6 Å². The van der Waals surface area contributed by atoms with Gasteiger partial charge in [0, 0.05) is 30.1 Å². The zero-order valence-corrected chi connectivity index (χ0v) is 11.7. The Morgan fingerprint density at radius 2 is 2.17 bits per heavy atom. The standard InChI is InChI=1S/C14H11F2N5O2/c15-11(16)7-3-6(7)8-4-10(20-21-2-1-17-12(8)21)9-5-18-14(23)19-13(9)22/h1-2,4-7,11H,3H2,(H2,18,19,22,23)/t6-,7-/m0/s1. The molecule has 2 N–H and O–H groups in total. The zero-order chi connectivity index (χ0) is 16.1. The number of fused-ring (bicyclic) bond motifs is 1. The van der Waals surface area contributed by atoms with Crippen LogP contribution in [0.15, 0.2) is 34.2 Å². The Hall–Kier alpha value is -2.84. The van der Waals surface area contributed by atoms with Gasteiger partial charge < -0.3 is 4.98 Å². The van der Waals surface area contributed by atoms with Crippen LogP contribution in [-0.4, -0.2) is 31.0 Å². The molecule has 1 fully saturated rings. The smallest absolute Gasteiger partial charge is 0.313 e. The molecule has 23 heavy (non-hydrogen) atoms. The molecular weight excluding hydrogens is 308 g/mol. The van der Waals surface area contributed by atoms with Gasteiger partial charge in [-0.2, -0.15) is 5.10 Å². The number of rotatable bonds is 3. The summed E-state index contributed by atoms with van der Waals surface area (Å²) in [6, 6.07) is 1.60. The van der Waals surface area contributed by atoms with Crippen molar-refractivity contribution in [2.24, 2.45) is 5.92 Å². The molecule has 0 bridgehead atoms. The third kappa shape index (κ3) is 2.24. The van der Waals surface area contributed by atoms with E-state index >= 15 is 0 Å². The summed E-state index contributed by atoms with van der Waals surface area (Å²) in [5.41, 5.74) is 0.382. The molecule has 0 saturated heterocycles. The second-order valence-electron chi connectivity index (χ2n) is 5.51. The number of nitrogens with one attached hydrogen (secondary N) is 2. The first-order chi connectivity index (χ1) is 11.0. The van der Waals surface area contributed by atoms with E-state index in [0.717, 1.165) is 0 Å². The molecule has 0 unspecified atom stereocenters. The minimum absolute atomic E-state index is 0.163. The molecule has 118 valence electrons. The lowest BCUT2D eigenvalue weighted by molar-refractivity contribution is 0.120. The lowest BCUT2D eigenvalue weighted by atomic mass is 10.1. The summed E-state index contributed by atoms with van der Waals surface area (Å²) in [6.45, 7) is 0. The number of nitrogens with zero attached hydrogens (tertiary/aromatic N) is 3. The fraction of sp³-hybridized carbons (Fsp3) is 0.286. The van der Waals surface area contributed by atoms with E-state index in [-0.39, 0.29) is 11.5 Å². The third-order valence-electron chi connectivity index (χ3n) is 4.05. The lowest BCUT2D eigenvalue weighted by Crippen LogP contribution is -2.23. The Balaban J connectivity index is 1.89. The minimum atomic E-state index is -2.39. The highest BCUT2D eigenvalue weighted by molar-refractivity contribution is 5.62. The minimum Gasteiger partial charge on any atom is -0.313 e. The summed E-state index contributed by atoms with van der Waals surface area (Å²) in [6.07, 6.45) is 2.36. The van der Waals surface area contributed by atoms with E-state index in [1.165, 1.54) is 16.9 Å². The molecule has 9 heteroatoms. The molecule has 4 rings (SSSR count). The maximum absolute atomic E-state index is 12.9. The van der Waals surface area contributed by atoms with Gasteiger partial charge in [0.1, 0.15) is 0 Å². The van der Waals surface area contributed by atoms with E-state index in [1.807, 2.05) is 0 Å². The average Bonchev–Trinajstić information content (AvgIpc) is 3.16. The summed E-state index contributed by atoms with van der Waals surface area (Å²) in [7, 11) is 0. The third-order valence-corrected chi connectivity index (χ3v) is 4.05. The Labute approximate surface area is 127 Å².